The number of aromatic hydroxyl groups is 1. The molecular formula is C38H47NO5. The van der Waals surface area contributed by atoms with Crippen LogP contribution >= 0.6 is 0 Å². The van der Waals surface area contributed by atoms with Crippen LogP contribution in [0, 0.1) is 0 Å². The smallest absolute Gasteiger partial charge is 0.161 e. The van der Waals surface area contributed by atoms with Crippen LogP contribution in [0.5, 0.6) is 17.2 Å². The molecule has 234 valence electrons. The molecule has 0 aromatic heterocycles. The lowest BCUT2D eigenvalue weighted by molar-refractivity contribution is -0.121. The summed E-state index contributed by atoms with van der Waals surface area (Å²) >= 11 is 0. The highest BCUT2D eigenvalue weighted by molar-refractivity contribution is 5.84. The van der Waals surface area contributed by atoms with Crippen LogP contribution in [-0.4, -0.2) is 35.8 Å². The quantitative estimate of drug-likeness (QED) is 0.0941. The Morgan fingerprint density at radius 2 is 1.55 bits per heavy atom. The summed E-state index contributed by atoms with van der Waals surface area (Å²) in [5.41, 5.74) is 4.56. The number of ketones is 1. The van der Waals surface area contributed by atoms with E-state index < -0.39 is 6.10 Å². The second-order valence-electron chi connectivity index (χ2n) is 11.6. The van der Waals surface area contributed by atoms with Crippen molar-refractivity contribution in [3.8, 4) is 17.2 Å². The molecule has 0 heterocycles. The molecule has 4 aromatic carbocycles. The number of aliphatic hydroxyl groups excluding tert-OH is 1. The topological polar surface area (TPSA) is 88.0 Å². The van der Waals surface area contributed by atoms with Gasteiger partial charge in [-0.1, -0.05) is 62.1 Å². The Bertz CT molecular complexity index is 1480. The van der Waals surface area contributed by atoms with E-state index in [0.29, 0.717) is 37.4 Å². The maximum absolute atomic E-state index is 12.6. The summed E-state index contributed by atoms with van der Waals surface area (Å²) in [4.78, 5) is 12.6. The van der Waals surface area contributed by atoms with Gasteiger partial charge in [0.15, 0.2) is 11.5 Å². The number of benzene rings is 4. The normalized spacial score (nSPS) is 11.8. The Hall–Kier alpha value is -4.03. The minimum Gasteiger partial charge on any atom is -0.508 e. The van der Waals surface area contributed by atoms with Crippen molar-refractivity contribution >= 4 is 22.2 Å². The minimum atomic E-state index is -0.572. The van der Waals surface area contributed by atoms with E-state index in [1.807, 2.05) is 42.5 Å². The summed E-state index contributed by atoms with van der Waals surface area (Å²) in [6.07, 6.45) is 7.91. The van der Waals surface area contributed by atoms with Gasteiger partial charge in [0, 0.05) is 25.1 Å². The van der Waals surface area contributed by atoms with Gasteiger partial charge < -0.3 is 25.0 Å². The van der Waals surface area contributed by atoms with Crippen molar-refractivity contribution in [1.29, 1.82) is 0 Å². The fourth-order valence-electron chi connectivity index (χ4n) is 5.55. The zero-order valence-corrected chi connectivity index (χ0v) is 26.2. The van der Waals surface area contributed by atoms with Crippen LogP contribution in [0.3, 0.4) is 0 Å². The molecule has 0 saturated carbocycles. The number of hydrogen-bond donors (Lipinski definition) is 3. The van der Waals surface area contributed by atoms with Crippen molar-refractivity contribution < 1.29 is 24.5 Å². The molecule has 0 saturated heterocycles. The molecule has 3 N–H and O–H groups in total. The number of ether oxygens (including phenoxy) is 2. The fraction of sp³-hybridized carbons (Fsp3) is 0.395. The van der Waals surface area contributed by atoms with Crippen molar-refractivity contribution in [3.63, 3.8) is 0 Å². The molecule has 0 bridgehead atoms. The lowest BCUT2D eigenvalue weighted by atomic mass is 10.00. The Balaban J connectivity index is 1.13. The number of carbonyl (C=O) groups is 1. The number of fused-ring (bicyclic) bond motifs is 1. The van der Waals surface area contributed by atoms with E-state index in [2.05, 4.69) is 36.5 Å². The lowest BCUT2D eigenvalue weighted by Gasteiger charge is -2.13. The molecule has 4 rings (SSSR count). The van der Waals surface area contributed by atoms with Gasteiger partial charge in [0.1, 0.15) is 18.1 Å². The van der Waals surface area contributed by atoms with Gasteiger partial charge in [-0.05, 0) is 103 Å². The number of phenols is 1. The highest BCUT2D eigenvalue weighted by Gasteiger charge is 2.13. The third-order valence-electron chi connectivity index (χ3n) is 7.98. The van der Waals surface area contributed by atoms with E-state index >= 15 is 0 Å². The predicted molar refractivity (Wildman–Crippen MR) is 179 cm³/mol. The number of methoxy groups -OCH3 is 1. The van der Waals surface area contributed by atoms with Crippen LogP contribution in [-0.2, 0) is 24.2 Å². The fourth-order valence-corrected chi connectivity index (χ4v) is 5.55. The van der Waals surface area contributed by atoms with Gasteiger partial charge in [-0.2, -0.15) is 0 Å². The van der Waals surface area contributed by atoms with E-state index in [1.54, 1.807) is 19.2 Å². The molecule has 6 nitrogen and oxygen atoms in total. The van der Waals surface area contributed by atoms with Gasteiger partial charge in [-0.25, -0.2) is 0 Å². The standard InChI is InChI=1S/C38H47NO5/c1-3-39-33-12-9-11-28(23-33)10-7-5-4-6-8-13-34(40)26-36(42)19-15-29-16-21-37(43-2)38(24-29)44-27-30-14-17-32-25-35(41)20-18-31(32)22-30/h9,11-12,14,16-18,20-25,34,39-41H,3-8,10,13,15,19,26-27H2,1-2H3. The Labute approximate surface area is 262 Å². The average molecular weight is 598 g/mol. The molecule has 0 aliphatic heterocycles. The Morgan fingerprint density at radius 1 is 0.795 bits per heavy atom. The first-order chi connectivity index (χ1) is 21.4. The summed E-state index contributed by atoms with van der Waals surface area (Å²) in [5, 5.41) is 25.5. The summed E-state index contributed by atoms with van der Waals surface area (Å²) in [6.45, 7) is 3.41. The van der Waals surface area contributed by atoms with Crippen molar-refractivity contribution in [2.24, 2.45) is 0 Å². The summed E-state index contributed by atoms with van der Waals surface area (Å²) in [6, 6.07) is 25.7. The molecule has 6 heteroatoms. The first-order valence-corrected chi connectivity index (χ1v) is 16.0. The molecule has 4 aromatic rings. The van der Waals surface area contributed by atoms with E-state index in [-0.39, 0.29) is 18.0 Å². The maximum atomic E-state index is 12.6. The largest absolute Gasteiger partial charge is 0.508 e. The van der Waals surface area contributed by atoms with Gasteiger partial charge in [0.2, 0.25) is 0 Å². The Morgan fingerprint density at radius 3 is 2.39 bits per heavy atom. The number of aryl methyl sites for hydroxylation is 2. The van der Waals surface area contributed by atoms with E-state index in [9.17, 15) is 15.0 Å². The second kappa shape index (κ2) is 17.3. The van der Waals surface area contributed by atoms with Gasteiger partial charge >= 0.3 is 0 Å². The number of rotatable bonds is 19. The molecule has 0 fully saturated rings. The summed E-state index contributed by atoms with van der Waals surface area (Å²) in [7, 11) is 1.61. The number of hydrogen-bond acceptors (Lipinski definition) is 6. The molecule has 0 aliphatic carbocycles. The van der Waals surface area contributed by atoms with E-state index in [4.69, 9.17) is 9.47 Å². The van der Waals surface area contributed by atoms with Gasteiger partial charge in [0.25, 0.3) is 0 Å². The monoisotopic (exact) mass is 597 g/mol. The Kier molecular flexibility index (Phi) is 12.9. The summed E-state index contributed by atoms with van der Waals surface area (Å²) < 4.78 is 11.6. The molecule has 1 unspecified atom stereocenters. The molecule has 1 atom stereocenters. The van der Waals surface area contributed by atoms with Crippen molar-refractivity contribution in [3.05, 3.63) is 95.6 Å². The molecule has 0 amide bonds. The number of unbranched alkanes of at least 4 members (excludes halogenated alkanes) is 4. The summed E-state index contributed by atoms with van der Waals surface area (Å²) in [5.74, 6) is 1.60. The van der Waals surface area contributed by atoms with Crippen molar-refractivity contribution in [2.75, 3.05) is 19.0 Å². The molecule has 0 aliphatic rings. The molecule has 44 heavy (non-hydrogen) atoms. The van der Waals surface area contributed by atoms with Gasteiger partial charge in [0.05, 0.1) is 13.2 Å². The first kappa shape index (κ1) is 32.9. The van der Waals surface area contributed by atoms with E-state index in [0.717, 1.165) is 54.1 Å². The van der Waals surface area contributed by atoms with Crippen LogP contribution in [0.4, 0.5) is 5.69 Å². The number of carbonyl (C=O) groups excluding carboxylic acids is 1. The first-order valence-electron chi connectivity index (χ1n) is 16.0. The highest BCUT2D eigenvalue weighted by Crippen LogP contribution is 2.30. The lowest BCUT2D eigenvalue weighted by Crippen LogP contribution is -2.14. The van der Waals surface area contributed by atoms with Crippen LogP contribution in [0.15, 0.2) is 78.9 Å². The van der Waals surface area contributed by atoms with Crippen LogP contribution in [0.1, 0.15) is 75.0 Å². The second-order valence-corrected chi connectivity index (χ2v) is 11.6. The number of Topliss-reactive ketones (excluding diaryl/α,β-unsaturated/α-hetero) is 1. The molecule has 0 radical (unpaired) electrons. The predicted octanol–water partition coefficient (Wildman–Crippen LogP) is 8.40. The SMILES string of the molecule is CCNc1cccc(CCCCCCCC(O)CC(=O)CCc2ccc(OC)c(OCc3ccc4cc(O)ccc4c3)c2)c1. The van der Waals surface area contributed by atoms with Gasteiger partial charge in [-0.15, -0.1) is 0 Å². The maximum Gasteiger partial charge on any atom is 0.161 e. The van der Waals surface area contributed by atoms with Gasteiger partial charge in [-0.3, -0.25) is 4.79 Å². The number of anilines is 1. The minimum absolute atomic E-state index is 0.0813. The van der Waals surface area contributed by atoms with E-state index in [1.165, 1.54) is 24.1 Å². The zero-order valence-electron chi connectivity index (χ0n) is 26.2. The number of nitrogens with one attached hydrogen (secondary N) is 1. The van der Waals surface area contributed by atoms with Crippen molar-refractivity contribution in [1.82, 2.24) is 0 Å². The number of aliphatic hydroxyl groups is 1. The zero-order chi connectivity index (χ0) is 31.1. The number of phenolic OH excluding ortho intramolecular Hbond substituents is 1. The molecular weight excluding hydrogens is 550 g/mol. The van der Waals surface area contributed by atoms with Crippen LogP contribution in [0.25, 0.3) is 10.8 Å². The third-order valence-corrected chi connectivity index (χ3v) is 7.98. The third kappa shape index (κ3) is 10.6. The highest BCUT2D eigenvalue weighted by atomic mass is 16.5. The average Bonchev–Trinajstić information content (AvgIpc) is 3.02. The molecule has 0 spiro atoms. The van der Waals surface area contributed by atoms with Crippen molar-refractivity contribution in [2.45, 2.75) is 83.8 Å². The van der Waals surface area contributed by atoms with Crippen LogP contribution < -0.4 is 14.8 Å². The van der Waals surface area contributed by atoms with Crippen LogP contribution in [0.2, 0.25) is 0 Å².